The van der Waals surface area contributed by atoms with Crippen LogP contribution in [0.15, 0.2) is 70.4 Å². The molecule has 3 aromatic heterocycles. The highest BCUT2D eigenvalue weighted by molar-refractivity contribution is 6.30. The third-order valence-electron chi connectivity index (χ3n) is 5.74. The van der Waals surface area contributed by atoms with Crippen LogP contribution in [0.3, 0.4) is 0 Å². The van der Waals surface area contributed by atoms with Gasteiger partial charge in [-0.05, 0) is 23.3 Å². The van der Waals surface area contributed by atoms with E-state index in [1.54, 1.807) is 29.8 Å². The Morgan fingerprint density at radius 3 is 2.38 bits per heavy atom. The lowest BCUT2D eigenvalue weighted by molar-refractivity contribution is 0.158. The molecule has 0 radical (unpaired) electrons. The first-order valence-electron chi connectivity index (χ1n) is 10.0. The van der Waals surface area contributed by atoms with Gasteiger partial charge in [0, 0.05) is 25.3 Å². The number of aliphatic hydroxyl groups is 1. The Labute approximate surface area is 187 Å². The van der Waals surface area contributed by atoms with Gasteiger partial charge in [-0.1, -0.05) is 54.1 Å². The van der Waals surface area contributed by atoms with Gasteiger partial charge in [0.05, 0.1) is 18.3 Å². The Morgan fingerprint density at radius 1 is 1.00 bits per heavy atom. The summed E-state index contributed by atoms with van der Waals surface area (Å²) < 4.78 is 5.95. The minimum Gasteiger partial charge on any atom is -0.387 e. The molecule has 3 heterocycles. The van der Waals surface area contributed by atoms with E-state index in [1.165, 1.54) is 11.6 Å². The number of benzene rings is 2. The predicted molar refractivity (Wildman–Crippen MR) is 123 cm³/mol. The predicted octanol–water partition coefficient (Wildman–Crippen LogP) is 2.74. The monoisotopic (exact) mass is 449 g/mol. The fraction of sp³-hybridized carbons (Fsp3) is 0.174. The molecular formula is C23H20ClN5O3. The Hall–Kier alpha value is -3.62. The molecule has 5 rings (SSSR count). The number of aromatic nitrogens is 5. The standard InChI is InChI=1S/C23H20ClN5O3/c1-26-20-19(21(31)27(2)23(26)32)29-12-17(14-8-10-16(24)11-9-14)28(22(29)25-20)13-18(30)15-6-4-3-5-7-15/h3-12,18,30H,13H2,1-2H3. The summed E-state index contributed by atoms with van der Waals surface area (Å²) in [7, 11) is 3.03. The number of aryl methyl sites for hydroxylation is 1. The molecule has 0 fully saturated rings. The van der Waals surface area contributed by atoms with Gasteiger partial charge in [-0.25, -0.2) is 4.79 Å². The fourth-order valence-corrected chi connectivity index (χ4v) is 4.13. The van der Waals surface area contributed by atoms with Crippen molar-refractivity contribution in [2.75, 3.05) is 0 Å². The first kappa shape index (κ1) is 20.3. The zero-order valence-corrected chi connectivity index (χ0v) is 18.2. The third-order valence-corrected chi connectivity index (χ3v) is 5.99. The van der Waals surface area contributed by atoms with E-state index in [4.69, 9.17) is 11.6 Å². The molecule has 0 aliphatic carbocycles. The molecule has 2 aromatic carbocycles. The van der Waals surface area contributed by atoms with Crippen LogP contribution in [0, 0.1) is 0 Å². The SMILES string of the molecule is Cn1c(=O)c2c(nc3n(CC(O)c4ccccc4)c(-c4ccc(Cl)cc4)cn23)n(C)c1=O. The van der Waals surface area contributed by atoms with Crippen molar-refractivity contribution in [3.63, 3.8) is 0 Å². The van der Waals surface area contributed by atoms with Gasteiger partial charge < -0.3 is 9.67 Å². The van der Waals surface area contributed by atoms with E-state index in [2.05, 4.69) is 4.98 Å². The fourth-order valence-electron chi connectivity index (χ4n) is 4.00. The Balaban J connectivity index is 1.80. The van der Waals surface area contributed by atoms with Crippen LogP contribution in [-0.2, 0) is 20.6 Å². The van der Waals surface area contributed by atoms with Crippen molar-refractivity contribution in [2.24, 2.45) is 14.1 Å². The number of aliphatic hydroxyl groups excluding tert-OH is 1. The number of hydrogen-bond acceptors (Lipinski definition) is 4. The summed E-state index contributed by atoms with van der Waals surface area (Å²) in [6.07, 6.45) is 1.00. The molecule has 0 saturated heterocycles. The van der Waals surface area contributed by atoms with Crippen LogP contribution >= 0.6 is 11.6 Å². The molecule has 0 amide bonds. The van der Waals surface area contributed by atoms with Gasteiger partial charge in [-0.2, -0.15) is 4.98 Å². The number of fused-ring (bicyclic) bond motifs is 3. The lowest BCUT2D eigenvalue weighted by Gasteiger charge is -2.15. The van der Waals surface area contributed by atoms with Crippen molar-refractivity contribution in [1.82, 2.24) is 23.1 Å². The molecule has 32 heavy (non-hydrogen) atoms. The quantitative estimate of drug-likeness (QED) is 0.457. The van der Waals surface area contributed by atoms with Crippen LogP contribution in [0.25, 0.3) is 28.2 Å². The maximum Gasteiger partial charge on any atom is 0.332 e. The van der Waals surface area contributed by atoms with Gasteiger partial charge in [0.2, 0.25) is 5.78 Å². The van der Waals surface area contributed by atoms with Crippen LogP contribution in [-0.4, -0.2) is 28.2 Å². The molecule has 0 aliphatic rings. The number of imidazole rings is 2. The number of hydrogen-bond donors (Lipinski definition) is 1. The summed E-state index contributed by atoms with van der Waals surface area (Å²) in [5.41, 5.74) is 2.09. The topological polar surface area (TPSA) is 86.5 Å². The highest BCUT2D eigenvalue weighted by Crippen LogP contribution is 2.28. The van der Waals surface area contributed by atoms with Gasteiger partial charge in [-0.3, -0.25) is 18.3 Å². The molecule has 0 saturated carbocycles. The van der Waals surface area contributed by atoms with E-state index in [1.807, 2.05) is 47.0 Å². The lowest BCUT2D eigenvalue weighted by Crippen LogP contribution is -2.37. The van der Waals surface area contributed by atoms with Gasteiger partial charge in [0.15, 0.2) is 11.2 Å². The Bertz CT molecular complexity index is 1580. The van der Waals surface area contributed by atoms with Crippen molar-refractivity contribution in [2.45, 2.75) is 12.6 Å². The minimum atomic E-state index is -0.801. The number of halogens is 1. The van der Waals surface area contributed by atoms with E-state index in [0.717, 1.165) is 21.4 Å². The van der Waals surface area contributed by atoms with Crippen LogP contribution in [0.2, 0.25) is 5.02 Å². The van der Waals surface area contributed by atoms with E-state index < -0.39 is 17.4 Å². The second kappa shape index (κ2) is 7.51. The molecule has 5 aromatic rings. The van der Waals surface area contributed by atoms with E-state index in [0.29, 0.717) is 22.0 Å². The molecule has 9 heteroatoms. The summed E-state index contributed by atoms with van der Waals surface area (Å²) in [4.78, 5) is 29.9. The summed E-state index contributed by atoms with van der Waals surface area (Å²) in [5.74, 6) is 0.457. The third kappa shape index (κ3) is 3.07. The highest BCUT2D eigenvalue weighted by Gasteiger charge is 2.22. The summed E-state index contributed by atoms with van der Waals surface area (Å²) >= 11 is 6.07. The molecule has 162 valence electrons. The van der Waals surface area contributed by atoms with Crippen molar-refractivity contribution < 1.29 is 5.11 Å². The van der Waals surface area contributed by atoms with Crippen LogP contribution in [0.5, 0.6) is 0 Å². The smallest absolute Gasteiger partial charge is 0.332 e. The largest absolute Gasteiger partial charge is 0.387 e. The zero-order valence-electron chi connectivity index (χ0n) is 17.4. The molecule has 0 spiro atoms. The molecule has 0 bridgehead atoms. The zero-order chi connectivity index (χ0) is 22.6. The average molecular weight is 450 g/mol. The van der Waals surface area contributed by atoms with Crippen LogP contribution in [0.1, 0.15) is 11.7 Å². The van der Waals surface area contributed by atoms with E-state index in [9.17, 15) is 14.7 Å². The first-order valence-corrected chi connectivity index (χ1v) is 10.4. The van der Waals surface area contributed by atoms with Gasteiger partial charge >= 0.3 is 5.69 Å². The average Bonchev–Trinajstić information content (AvgIpc) is 3.34. The van der Waals surface area contributed by atoms with Crippen molar-refractivity contribution in [3.8, 4) is 11.3 Å². The Kier molecular flexibility index (Phi) is 4.76. The van der Waals surface area contributed by atoms with Crippen molar-refractivity contribution >= 4 is 28.5 Å². The maximum absolute atomic E-state index is 12.9. The normalized spacial score (nSPS) is 12.6. The summed E-state index contributed by atoms with van der Waals surface area (Å²) in [6, 6.07) is 16.7. The highest BCUT2D eigenvalue weighted by atomic mass is 35.5. The van der Waals surface area contributed by atoms with Gasteiger partial charge in [0.25, 0.3) is 5.56 Å². The summed E-state index contributed by atoms with van der Waals surface area (Å²) in [5, 5.41) is 11.5. The molecule has 8 nitrogen and oxygen atoms in total. The lowest BCUT2D eigenvalue weighted by atomic mass is 10.1. The van der Waals surface area contributed by atoms with Crippen molar-refractivity contribution in [1.29, 1.82) is 0 Å². The molecule has 1 N–H and O–H groups in total. The minimum absolute atomic E-state index is 0.204. The molecular weight excluding hydrogens is 430 g/mol. The molecule has 1 atom stereocenters. The van der Waals surface area contributed by atoms with Crippen LogP contribution < -0.4 is 11.2 Å². The number of rotatable bonds is 4. The van der Waals surface area contributed by atoms with E-state index >= 15 is 0 Å². The Morgan fingerprint density at radius 2 is 1.69 bits per heavy atom. The van der Waals surface area contributed by atoms with Crippen LogP contribution in [0.4, 0.5) is 0 Å². The maximum atomic E-state index is 12.9. The van der Waals surface area contributed by atoms with Gasteiger partial charge in [-0.15, -0.1) is 0 Å². The second-order valence-electron chi connectivity index (χ2n) is 7.72. The molecule has 1 unspecified atom stereocenters. The molecule has 0 aliphatic heterocycles. The summed E-state index contributed by atoms with van der Waals surface area (Å²) in [6.45, 7) is 0.204. The first-order chi connectivity index (χ1) is 15.4. The van der Waals surface area contributed by atoms with Gasteiger partial charge in [0.1, 0.15) is 0 Å². The number of nitrogens with zero attached hydrogens (tertiary/aromatic N) is 5. The van der Waals surface area contributed by atoms with Crippen molar-refractivity contribution in [3.05, 3.63) is 92.2 Å². The second-order valence-corrected chi connectivity index (χ2v) is 8.15. The van der Waals surface area contributed by atoms with E-state index in [-0.39, 0.29) is 6.54 Å².